The van der Waals surface area contributed by atoms with Crippen molar-refractivity contribution in [2.75, 3.05) is 0 Å². The predicted octanol–water partition coefficient (Wildman–Crippen LogP) is 16.9. The zero-order valence-electron chi connectivity index (χ0n) is 39.5. The van der Waals surface area contributed by atoms with Gasteiger partial charge < -0.3 is 13.6 Å². The average molecular weight is 922 g/mol. The fourth-order valence-electron chi connectivity index (χ4n) is 11.6. The Kier molecular flexibility index (Phi) is 8.61. The topological polar surface area (TPSA) is 61.7 Å². The van der Waals surface area contributed by atoms with Gasteiger partial charge in [0.05, 0.1) is 22.1 Å². The van der Waals surface area contributed by atoms with E-state index in [1.54, 1.807) is 0 Å². The van der Waals surface area contributed by atoms with Gasteiger partial charge in [-0.15, -0.1) is 0 Å². The summed E-state index contributed by atoms with van der Waals surface area (Å²) in [6, 6.07) is 80.2. The molecule has 6 heteroatoms. The highest BCUT2D eigenvalue weighted by atomic mass is 16.3. The second-order valence-corrected chi connectivity index (χ2v) is 19.6. The molecule has 0 atom stereocenters. The largest absolute Gasteiger partial charge is 0.456 e. The van der Waals surface area contributed by atoms with Crippen molar-refractivity contribution in [2.24, 2.45) is 0 Å². The predicted molar refractivity (Wildman–Crippen MR) is 295 cm³/mol. The van der Waals surface area contributed by atoms with E-state index in [0.717, 1.165) is 66.6 Å². The number of rotatable bonds is 6. The highest BCUT2D eigenvalue weighted by molar-refractivity contribution is 6.18. The van der Waals surface area contributed by atoms with Crippen LogP contribution in [0, 0.1) is 0 Å². The van der Waals surface area contributed by atoms with Crippen LogP contribution in [0.15, 0.2) is 229 Å². The first-order valence-electron chi connectivity index (χ1n) is 24.6. The summed E-state index contributed by atoms with van der Waals surface area (Å²) in [5, 5.41) is 7.11. The highest BCUT2D eigenvalue weighted by Crippen LogP contribution is 2.52. The van der Waals surface area contributed by atoms with Crippen molar-refractivity contribution >= 4 is 65.6 Å². The summed E-state index contributed by atoms with van der Waals surface area (Å²) in [4.78, 5) is 15.1. The summed E-state index contributed by atoms with van der Waals surface area (Å²) in [7, 11) is 0. The van der Waals surface area contributed by atoms with Gasteiger partial charge in [0.25, 0.3) is 0 Å². The van der Waals surface area contributed by atoms with Gasteiger partial charge in [-0.2, -0.15) is 0 Å². The Morgan fingerprint density at radius 1 is 0.319 bits per heavy atom. The number of benzene rings is 10. The summed E-state index contributed by atoms with van der Waals surface area (Å²) in [6.07, 6.45) is 0. The molecular weight excluding hydrogens is 879 g/mol. The van der Waals surface area contributed by atoms with Crippen molar-refractivity contribution in [2.45, 2.75) is 19.3 Å². The minimum absolute atomic E-state index is 0.272. The van der Waals surface area contributed by atoms with Crippen LogP contribution in [0.25, 0.3) is 133 Å². The van der Waals surface area contributed by atoms with E-state index < -0.39 is 0 Å². The van der Waals surface area contributed by atoms with E-state index in [0.29, 0.717) is 17.5 Å². The molecule has 14 aromatic rings. The van der Waals surface area contributed by atoms with E-state index in [4.69, 9.17) is 19.4 Å². The van der Waals surface area contributed by atoms with Gasteiger partial charge >= 0.3 is 0 Å². The third kappa shape index (κ3) is 6.05. The zero-order valence-corrected chi connectivity index (χ0v) is 39.5. The zero-order chi connectivity index (χ0) is 47.7. The Hall–Kier alpha value is -9.39. The Morgan fingerprint density at radius 2 is 0.861 bits per heavy atom. The van der Waals surface area contributed by atoms with Crippen molar-refractivity contribution in [3.8, 4) is 67.8 Å². The minimum Gasteiger partial charge on any atom is -0.456 e. The molecule has 72 heavy (non-hydrogen) atoms. The van der Waals surface area contributed by atoms with Crippen molar-refractivity contribution in [3.63, 3.8) is 0 Å². The molecule has 0 fully saturated rings. The van der Waals surface area contributed by atoms with Crippen LogP contribution >= 0.6 is 0 Å². The van der Waals surface area contributed by atoms with Crippen LogP contribution in [0.1, 0.15) is 25.0 Å². The second kappa shape index (κ2) is 15.3. The molecule has 0 bridgehead atoms. The molecule has 0 N–H and O–H groups in total. The van der Waals surface area contributed by atoms with Crippen LogP contribution in [0.3, 0.4) is 0 Å². The van der Waals surface area contributed by atoms with Crippen LogP contribution in [0.2, 0.25) is 0 Å². The third-order valence-corrected chi connectivity index (χ3v) is 15.1. The fourth-order valence-corrected chi connectivity index (χ4v) is 11.6. The van der Waals surface area contributed by atoms with Gasteiger partial charge in [0, 0.05) is 71.9 Å². The van der Waals surface area contributed by atoms with E-state index in [2.05, 4.69) is 181 Å². The first-order chi connectivity index (χ1) is 35.4. The molecule has 0 unspecified atom stereocenters. The van der Waals surface area contributed by atoms with Crippen molar-refractivity contribution in [1.82, 2.24) is 24.1 Å². The quantitative estimate of drug-likeness (QED) is 0.167. The van der Waals surface area contributed by atoms with E-state index >= 15 is 0 Å². The molecule has 1 aliphatic rings. The van der Waals surface area contributed by atoms with Crippen LogP contribution in [-0.4, -0.2) is 24.1 Å². The molecule has 0 spiro atoms. The molecule has 0 aliphatic heterocycles. The van der Waals surface area contributed by atoms with Gasteiger partial charge in [-0.3, -0.25) is 0 Å². The molecule has 0 amide bonds. The molecular formula is C66H43N5O. The number of hydrogen-bond donors (Lipinski definition) is 0. The Bertz CT molecular complexity index is 4470. The van der Waals surface area contributed by atoms with E-state index in [1.807, 2.05) is 66.7 Å². The molecule has 338 valence electrons. The highest BCUT2D eigenvalue weighted by Gasteiger charge is 2.37. The number of furan rings is 1. The van der Waals surface area contributed by atoms with E-state index in [1.165, 1.54) is 60.4 Å². The Morgan fingerprint density at radius 3 is 1.62 bits per heavy atom. The van der Waals surface area contributed by atoms with Gasteiger partial charge in [0.15, 0.2) is 17.5 Å². The minimum atomic E-state index is -0.272. The summed E-state index contributed by atoms with van der Waals surface area (Å²) in [5.41, 5.74) is 18.7. The van der Waals surface area contributed by atoms with Gasteiger partial charge in [0.2, 0.25) is 0 Å². The van der Waals surface area contributed by atoms with Crippen LogP contribution in [-0.2, 0) is 5.41 Å². The lowest BCUT2D eigenvalue weighted by atomic mass is 9.81. The van der Waals surface area contributed by atoms with Crippen LogP contribution in [0.4, 0.5) is 0 Å². The number of nitrogens with zero attached hydrogens (tertiary/aromatic N) is 5. The Labute approximate surface area is 414 Å². The summed E-state index contributed by atoms with van der Waals surface area (Å²) in [5.74, 6) is 1.91. The molecule has 4 aromatic heterocycles. The van der Waals surface area contributed by atoms with Gasteiger partial charge in [-0.25, -0.2) is 15.0 Å². The standard InChI is InChI=1S/C66H43N5O/c1-66(2)55-35-43(42-30-32-58-51(34-42)53-37-54-49-26-13-15-28-61(49)72-62(54)39-60(53)70(58)45-22-10-5-11-23-45)29-31-47(55)50-36-52-48-25-12-14-27-57(48)71(59(52)38-56(50)66)46-24-16-21-44(33-46)65-68-63(40-17-6-3-7-18-40)67-64(69-65)41-19-8-4-9-20-41/h3-39H,1-2H3. The van der Waals surface area contributed by atoms with Crippen molar-refractivity contribution in [1.29, 1.82) is 0 Å². The summed E-state index contributed by atoms with van der Waals surface area (Å²) < 4.78 is 11.2. The van der Waals surface area contributed by atoms with Crippen LogP contribution < -0.4 is 0 Å². The second-order valence-electron chi connectivity index (χ2n) is 19.6. The average Bonchev–Trinajstić information content (AvgIpc) is 4.14. The number of hydrogen-bond acceptors (Lipinski definition) is 4. The van der Waals surface area contributed by atoms with Crippen LogP contribution in [0.5, 0.6) is 0 Å². The van der Waals surface area contributed by atoms with Crippen molar-refractivity contribution in [3.05, 3.63) is 236 Å². The van der Waals surface area contributed by atoms with Gasteiger partial charge in [-0.05, 0) is 106 Å². The fraction of sp³-hybridized carbons (Fsp3) is 0.0455. The lowest BCUT2D eigenvalue weighted by molar-refractivity contribution is 0.661. The molecule has 15 rings (SSSR count). The maximum absolute atomic E-state index is 6.43. The molecule has 6 nitrogen and oxygen atoms in total. The van der Waals surface area contributed by atoms with Crippen molar-refractivity contribution < 1.29 is 4.42 Å². The molecule has 1 aliphatic carbocycles. The smallest absolute Gasteiger partial charge is 0.164 e. The lowest BCUT2D eigenvalue weighted by Crippen LogP contribution is -2.15. The number of para-hydroxylation sites is 3. The van der Waals surface area contributed by atoms with Gasteiger partial charge in [0.1, 0.15) is 11.2 Å². The normalized spacial score (nSPS) is 13.0. The van der Waals surface area contributed by atoms with Gasteiger partial charge in [-0.1, -0.05) is 159 Å². The SMILES string of the molecule is CC1(C)c2cc(-c3ccc4c(c3)c3cc5c(cc3n4-c3ccccc3)oc3ccccc35)ccc2-c2cc3c4ccccc4n(-c4cccc(-c5nc(-c6ccccc6)nc(-c6ccccc6)n5)c4)c3cc21. The molecule has 0 saturated heterocycles. The summed E-state index contributed by atoms with van der Waals surface area (Å²) in [6.45, 7) is 4.76. The molecule has 4 heterocycles. The van der Waals surface area contributed by atoms with E-state index in [9.17, 15) is 0 Å². The monoisotopic (exact) mass is 921 g/mol. The lowest BCUT2D eigenvalue weighted by Gasteiger charge is -2.22. The number of fused-ring (bicyclic) bond motifs is 12. The molecule has 0 radical (unpaired) electrons. The molecule has 10 aromatic carbocycles. The summed E-state index contributed by atoms with van der Waals surface area (Å²) >= 11 is 0. The molecule has 0 saturated carbocycles. The maximum Gasteiger partial charge on any atom is 0.164 e. The number of aromatic nitrogens is 5. The first kappa shape index (κ1) is 40.5. The Balaban J connectivity index is 0.859. The first-order valence-corrected chi connectivity index (χ1v) is 24.6. The van der Waals surface area contributed by atoms with E-state index in [-0.39, 0.29) is 5.41 Å². The third-order valence-electron chi connectivity index (χ3n) is 15.1. The maximum atomic E-state index is 6.43.